The van der Waals surface area contributed by atoms with E-state index in [4.69, 9.17) is 5.73 Å². The highest BCUT2D eigenvalue weighted by atomic mass is 32.2. The van der Waals surface area contributed by atoms with Crippen molar-refractivity contribution in [3.63, 3.8) is 0 Å². The molecule has 5 nitrogen and oxygen atoms in total. The Bertz CT molecular complexity index is 330. The molecule has 0 amide bonds. The Kier molecular flexibility index (Phi) is 6.40. The predicted octanol–water partition coefficient (Wildman–Crippen LogP) is 0.633. The first-order valence-corrected chi connectivity index (χ1v) is 7.61. The molecule has 108 valence electrons. The molecule has 1 aliphatic heterocycles. The molecule has 0 atom stereocenters. The molecule has 0 aromatic rings. The topological polar surface area (TPSA) is 66.6 Å². The van der Waals surface area contributed by atoms with Gasteiger partial charge in [-0.25, -0.2) is 8.78 Å². The van der Waals surface area contributed by atoms with Crippen LogP contribution in [-0.4, -0.2) is 56.2 Å². The zero-order chi connectivity index (χ0) is 13.6. The minimum absolute atomic E-state index is 0.0415. The van der Waals surface area contributed by atoms with Crippen molar-refractivity contribution in [1.29, 1.82) is 0 Å². The summed E-state index contributed by atoms with van der Waals surface area (Å²) in [5.74, 6) is 0. The third-order valence-electron chi connectivity index (χ3n) is 2.94. The summed E-state index contributed by atoms with van der Waals surface area (Å²) in [5, 5.41) is 0. The molecule has 18 heavy (non-hydrogen) atoms. The highest BCUT2D eigenvalue weighted by Gasteiger charge is 2.31. The molecule has 1 heterocycles. The molecule has 0 radical (unpaired) electrons. The van der Waals surface area contributed by atoms with Gasteiger partial charge in [0, 0.05) is 26.2 Å². The second kappa shape index (κ2) is 7.32. The normalized spacial score (nSPS) is 19.4. The Morgan fingerprint density at radius 1 is 1.17 bits per heavy atom. The lowest BCUT2D eigenvalue weighted by atomic mass is 10.2. The van der Waals surface area contributed by atoms with Crippen molar-refractivity contribution in [2.45, 2.75) is 32.1 Å². The van der Waals surface area contributed by atoms with Crippen LogP contribution in [-0.2, 0) is 10.2 Å². The van der Waals surface area contributed by atoms with Crippen LogP contribution in [0.5, 0.6) is 0 Å². The minimum atomic E-state index is -3.80. The van der Waals surface area contributed by atoms with Crippen LogP contribution in [0.1, 0.15) is 25.7 Å². The molecule has 2 N–H and O–H groups in total. The van der Waals surface area contributed by atoms with Gasteiger partial charge in [-0.3, -0.25) is 0 Å². The molecule has 1 saturated heterocycles. The molecule has 0 aromatic heterocycles. The molecule has 0 bridgehead atoms. The van der Waals surface area contributed by atoms with E-state index < -0.39 is 23.2 Å². The van der Waals surface area contributed by atoms with Crippen LogP contribution in [0.25, 0.3) is 0 Å². The summed E-state index contributed by atoms with van der Waals surface area (Å²) in [6.45, 7) is 0.0122. The van der Waals surface area contributed by atoms with Gasteiger partial charge in [-0.2, -0.15) is 17.0 Å². The highest BCUT2D eigenvalue weighted by molar-refractivity contribution is 7.86. The lowest BCUT2D eigenvalue weighted by molar-refractivity contribution is 0.118. The first kappa shape index (κ1) is 15.7. The van der Waals surface area contributed by atoms with Gasteiger partial charge in [-0.15, -0.1) is 0 Å². The highest BCUT2D eigenvalue weighted by Crippen LogP contribution is 2.17. The van der Waals surface area contributed by atoms with Gasteiger partial charge in [-0.05, 0) is 12.8 Å². The molecule has 0 aromatic carbocycles. The molecule has 8 heteroatoms. The van der Waals surface area contributed by atoms with Crippen molar-refractivity contribution in [3.05, 3.63) is 0 Å². The van der Waals surface area contributed by atoms with E-state index in [-0.39, 0.29) is 13.1 Å². The summed E-state index contributed by atoms with van der Waals surface area (Å²) in [5.41, 5.74) is 5.29. The van der Waals surface area contributed by atoms with Gasteiger partial charge in [0.15, 0.2) is 0 Å². The van der Waals surface area contributed by atoms with Gasteiger partial charge >= 0.3 is 0 Å². The van der Waals surface area contributed by atoms with Crippen molar-refractivity contribution in [2.24, 2.45) is 5.73 Å². The molecule has 1 fully saturated rings. The number of alkyl halides is 2. The van der Waals surface area contributed by atoms with Crippen LogP contribution in [0.15, 0.2) is 0 Å². The molecule has 0 spiro atoms. The van der Waals surface area contributed by atoms with Gasteiger partial charge < -0.3 is 5.73 Å². The maximum absolute atomic E-state index is 12.4. The fourth-order valence-electron chi connectivity index (χ4n) is 2.03. The summed E-state index contributed by atoms with van der Waals surface area (Å²) >= 11 is 0. The van der Waals surface area contributed by atoms with E-state index in [1.54, 1.807) is 0 Å². The lowest BCUT2D eigenvalue weighted by Gasteiger charge is -2.28. The van der Waals surface area contributed by atoms with E-state index in [0.717, 1.165) is 30.0 Å². The maximum Gasteiger partial charge on any atom is 0.282 e. The number of hydrogen-bond donors (Lipinski definition) is 1. The summed E-state index contributed by atoms with van der Waals surface area (Å²) in [6, 6.07) is 0. The number of halogens is 2. The van der Waals surface area contributed by atoms with Gasteiger partial charge in [0.2, 0.25) is 0 Å². The minimum Gasteiger partial charge on any atom is -0.329 e. The van der Waals surface area contributed by atoms with E-state index in [1.807, 2.05) is 0 Å². The van der Waals surface area contributed by atoms with Gasteiger partial charge in [0.05, 0.1) is 6.54 Å². The van der Waals surface area contributed by atoms with Crippen LogP contribution in [0.4, 0.5) is 8.78 Å². The molecular weight excluding hydrogens is 264 g/mol. The van der Waals surface area contributed by atoms with Gasteiger partial charge in [0.25, 0.3) is 16.6 Å². The first-order chi connectivity index (χ1) is 8.48. The number of hydrogen-bond acceptors (Lipinski definition) is 3. The Morgan fingerprint density at radius 2 is 1.72 bits per heavy atom. The summed E-state index contributed by atoms with van der Waals surface area (Å²) in [6.07, 6.45) is 0.850. The Hall–Kier alpha value is -0.310. The molecule has 1 aliphatic rings. The van der Waals surface area contributed by atoms with E-state index >= 15 is 0 Å². The fourth-order valence-corrected chi connectivity index (χ4v) is 3.72. The predicted molar refractivity (Wildman–Crippen MR) is 65.6 cm³/mol. The van der Waals surface area contributed by atoms with Crippen molar-refractivity contribution < 1.29 is 17.2 Å². The lowest BCUT2D eigenvalue weighted by Crippen LogP contribution is -2.47. The third kappa shape index (κ3) is 4.42. The van der Waals surface area contributed by atoms with Crippen molar-refractivity contribution >= 4 is 10.2 Å². The SMILES string of the molecule is NCCN(CC(F)F)S(=O)(=O)N1CCCCCC1. The summed E-state index contributed by atoms with van der Waals surface area (Å²) in [7, 11) is -3.80. The van der Waals surface area contributed by atoms with E-state index in [1.165, 1.54) is 4.31 Å². The monoisotopic (exact) mass is 285 g/mol. The second-order valence-electron chi connectivity index (χ2n) is 4.36. The average Bonchev–Trinajstić information content (AvgIpc) is 2.56. The second-order valence-corrected chi connectivity index (χ2v) is 6.29. The number of nitrogens with two attached hydrogens (primary N) is 1. The largest absolute Gasteiger partial charge is 0.329 e. The van der Waals surface area contributed by atoms with Gasteiger partial charge in [-0.1, -0.05) is 12.8 Å². The van der Waals surface area contributed by atoms with Crippen LogP contribution >= 0.6 is 0 Å². The summed E-state index contributed by atoms with van der Waals surface area (Å²) < 4.78 is 51.4. The third-order valence-corrected chi connectivity index (χ3v) is 4.94. The van der Waals surface area contributed by atoms with Crippen LogP contribution < -0.4 is 5.73 Å². The molecule has 0 saturated carbocycles. The zero-order valence-corrected chi connectivity index (χ0v) is 11.2. The maximum atomic E-state index is 12.4. The molecular formula is C10H21F2N3O2S. The van der Waals surface area contributed by atoms with Crippen molar-refractivity contribution in [2.75, 3.05) is 32.7 Å². The fraction of sp³-hybridized carbons (Fsp3) is 1.00. The van der Waals surface area contributed by atoms with E-state index in [2.05, 4.69) is 0 Å². The summed E-state index contributed by atoms with van der Waals surface area (Å²) in [4.78, 5) is 0. The van der Waals surface area contributed by atoms with Crippen LogP contribution in [0.2, 0.25) is 0 Å². The average molecular weight is 285 g/mol. The van der Waals surface area contributed by atoms with Crippen molar-refractivity contribution in [3.8, 4) is 0 Å². The smallest absolute Gasteiger partial charge is 0.282 e. The van der Waals surface area contributed by atoms with E-state index in [0.29, 0.717) is 13.1 Å². The molecule has 0 unspecified atom stereocenters. The standard InChI is InChI=1S/C10H21F2N3O2S/c11-10(12)9-15(8-5-13)18(16,17)14-6-3-1-2-4-7-14/h10H,1-9,13H2. The quantitative estimate of drug-likeness (QED) is 0.778. The zero-order valence-electron chi connectivity index (χ0n) is 10.4. The number of nitrogens with zero attached hydrogens (tertiary/aromatic N) is 2. The van der Waals surface area contributed by atoms with Gasteiger partial charge in [0.1, 0.15) is 0 Å². The first-order valence-electron chi connectivity index (χ1n) is 6.22. The Balaban J connectivity index is 2.78. The van der Waals surface area contributed by atoms with Crippen LogP contribution in [0, 0.1) is 0 Å². The van der Waals surface area contributed by atoms with Crippen LogP contribution in [0.3, 0.4) is 0 Å². The molecule has 0 aliphatic carbocycles. The van der Waals surface area contributed by atoms with Crippen molar-refractivity contribution in [1.82, 2.24) is 8.61 Å². The van der Waals surface area contributed by atoms with E-state index in [9.17, 15) is 17.2 Å². The Labute approximate surface area is 107 Å². The molecule has 1 rings (SSSR count). The Morgan fingerprint density at radius 3 is 2.17 bits per heavy atom. The number of rotatable bonds is 6.